The first-order chi connectivity index (χ1) is 7.74. The zero-order chi connectivity index (χ0) is 12.0. The molecule has 5 heteroatoms. The summed E-state index contributed by atoms with van der Waals surface area (Å²) < 4.78 is 0. The van der Waals surface area contributed by atoms with Gasteiger partial charge in [-0.1, -0.05) is 12.1 Å². The quantitative estimate of drug-likeness (QED) is 0.272. The Labute approximate surface area is 96.9 Å². The highest BCUT2D eigenvalue weighted by Gasteiger charge is 2.31. The van der Waals surface area contributed by atoms with Crippen molar-refractivity contribution in [2.24, 2.45) is 10.9 Å². The number of hydrogen-bond acceptors (Lipinski definition) is 4. The van der Waals surface area contributed by atoms with Crippen LogP contribution in [0.15, 0.2) is 5.16 Å². The lowest BCUT2D eigenvalue weighted by atomic mass is 10.1. The zero-order valence-electron chi connectivity index (χ0n) is 9.97. The Morgan fingerprint density at radius 2 is 2.38 bits per heavy atom. The monoisotopic (exact) mass is 229 g/mol. The molecule has 0 aliphatic carbocycles. The Morgan fingerprint density at radius 1 is 1.62 bits per heavy atom. The van der Waals surface area contributed by atoms with Crippen LogP contribution in [0.2, 0.25) is 0 Å². The van der Waals surface area contributed by atoms with Gasteiger partial charge in [0.25, 0.3) is 0 Å². The third kappa shape index (κ3) is 3.09. The van der Waals surface area contributed by atoms with Crippen LogP contribution in [0, 0.1) is 0 Å². The number of aliphatic hydroxyl groups is 1. The molecule has 0 aromatic carbocycles. The van der Waals surface area contributed by atoms with E-state index in [1.807, 2.05) is 6.92 Å². The van der Waals surface area contributed by atoms with Gasteiger partial charge < -0.3 is 16.0 Å². The van der Waals surface area contributed by atoms with Crippen molar-refractivity contribution >= 4 is 5.84 Å². The molecule has 0 aromatic rings. The molecule has 1 heterocycles. The van der Waals surface area contributed by atoms with E-state index in [1.165, 1.54) is 0 Å². The van der Waals surface area contributed by atoms with Crippen molar-refractivity contribution in [3.8, 4) is 0 Å². The van der Waals surface area contributed by atoms with Gasteiger partial charge in [0.05, 0.1) is 6.04 Å². The molecule has 0 bridgehead atoms. The van der Waals surface area contributed by atoms with Crippen LogP contribution in [0.3, 0.4) is 0 Å². The van der Waals surface area contributed by atoms with Gasteiger partial charge in [-0.3, -0.25) is 4.90 Å². The second-order valence-electron chi connectivity index (χ2n) is 4.35. The van der Waals surface area contributed by atoms with E-state index in [-0.39, 0.29) is 12.6 Å². The topological polar surface area (TPSA) is 82.1 Å². The van der Waals surface area contributed by atoms with Crippen molar-refractivity contribution in [2.45, 2.75) is 51.1 Å². The van der Waals surface area contributed by atoms with E-state index in [1.54, 1.807) is 0 Å². The lowest BCUT2D eigenvalue weighted by molar-refractivity contribution is 0.187. The molecule has 2 unspecified atom stereocenters. The zero-order valence-corrected chi connectivity index (χ0v) is 9.97. The van der Waals surface area contributed by atoms with Gasteiger partial charge in [0, 0.05) is 12.6 Å². The fourth-order valence-electron chi connectivity index (χ4n) is 2.59. The van der Waals surface area contributed by atoms with Crippen molar-refractivity contribution < 1.29 is 10.3 Å². The van der Waals surface area contributed by atoms with Crippen molar-refractivity contribution in [3.63, 3.8) is 0 Å². The molecule has 0 radical (unpaired) electrons. The minimum Gasteiger partial charge on any atom is -0.409 e. The summed E-state index contributed by atoms with van der Waals surface area (Å²) in [6.07, 6.45) is 4.98. The molecule has 0 saturated carbocycles. The molecular formula is C11H23N3O2. The Kier molecular flexibility index (Phi) is 5.55. The maximum absolute atomic E-state index is 8.86. The van der Waals surface area contributed by atoms with Crippen LogP contribution in [0.4, 0.5) is 0 Å². The van der Waals surface area contributed by atoms with Crippen molar-refractivity contribution in [3.05, 3.63) is 0 Å². The predicted molar refractivity (Wildman–Crippen MR) is 63.5 cm³/mol. The highest BCUT2D eigenvalue weighted by Crippen LogP contribution is 2.24. The van der Waals surface area contributed by atoms with E-state index in [0.717, 1.165) is 38.6 Å². The second kappa shape index (κ2) is 6.70. The molecule has 1 aliphatic rings. The summed E-state index contributed by atoms with van der Waals surface area (Å²) in [5, 5.41) is 20.7. The van der Waals surface area contributed by atoms with Crippen LogP contribution in [-0.4, -0.2) is 46.3 Å². The van der Waals surface area contributed by atoms with Crippen LogP contribution in [0.1, 0.15) is 39.0 Å². The number of aliphatic hydroxyl groups excluding tert-OH is 1. The van der Waals surface area contributed by atoms with Gasteiger partial charge in [-0.2, -0.15) is 0 Å². The van der Waals surface area contributed by atoms with E-state index < -0.39 is 0 Å². The van der Waals surface area contributed by atoms with Gasteiger partial charge in [-0.05, 0) is 38.6 Å². The molecule has 1 rings (SSSR count). The number of hydrogen-bond donors (Lipinski definition) is 3. The SMILES string of the molecule is CCC(C(N)=NO)N1CCCC1CCCO. The van der Waals surface area contributed by atoms with Crippen LogP contribution >= 0.6 is 0 Å². The first kappa shape index (κ1) is 13.3. The molecule has 0 spiro atoms. The summed E-state index contributed by atoms with van der Waals surface area (Å²) in [6, 6.07) is 0.508. The molecule has 2 atom stereocenters. The lowest BCUT2D eigenvalue weighted by Crippen LogP contribution is -2.46. The number of oxime groups is 1. The van der Waals surface area contributed by atoms with Crippen LogP contribution in [-0.2, 0) is 0 Å². The third-order valence-corrected chi connectivity index (χ3v) is 3.36. The average molecular weight is 229 g/mol. The van der Waals surface area contributed by atoms with Gasteiger partial charge in [-0.15, -0.1) is 0 Å². The minimum atomic E-state index is 0.0381. The smallest absolute Gasteiger partial charge is 0.156 e. The van der Waals surface area contributed by atoms with Crippen molar-refractivity contribution in [1.82, 2.24) is 4.90 Å². The van der Waals surface area contributed by atoms with Crippen molar-refractivity contribution in [1.29, 1.82) is 0 Å². The van der Waals surface area contributed by atoms with E-state index in [9.17, 15) is 0 Å². The van der Waals surface area contributed by atoms with Gasteiger partial charge in [0.15, 0.2) is 5.84 Å². The maximum Gasteiger partial charge on any atom is 0.156 e. The Morgan fingerprint density at radius 3 is 2.94 bits per heavy atom. The number of nitrogens with two attached hydrogens (primary N) is 1. The molecule has 4 N–H and O–H groups in total. The number of amidine groups is 1. The molecule has 1 fully saturated rings. The maximum atomic E-state index is 8.86. The molecule has 5 nitrogen and oxygen atoms in total. The molecule has 16 heavy (non-hydrogen) atoms. The summed E-state index contributed by atoms with van der Waals surface area (Å²) in [5.41, 5.74) is 5.71. The Bertz CT molecular complexity index is 233. The third-order valence-electron chi connectivity index (χ3n) is 3.36. The second-order valence-corrected chi connectivity index (χ2v) is 4.35. The number of nitrogens with zero attached hydrogens (tertiary/aromatic N) is 2. The normalized spacial score (nSPS) is 24.9. The van der Waals surface area contributed by atoms with Crippen LogP contribution < -0.4 is 5.73 Å². The number of rotatable bonds is 6. The van der Waals surface area contributed by atoms with E-state index in [2.05, 4.69) is 10.1 Å². The van der Waals surface area contributed by atoms with Crippen LogP contribution in [0.5, 0.6) is 0 Å². The first-order valence-corrected chi connectivity index (χ1v) is 6.08. The van der Waals surface area contributed by atoms with Gasteiger partial charge in [0.2, 0.25) is 0 Å². The summed E-state index contributed by atoms with van der Waals surface area (Å²) in [5.74, 6) is 0.304. The number of likely N-dealkylation sites (tertiary alicyclic amines) is 1. The van der Waals surface area contributed by atoms with Crippen LogP contribution in [0.25, 0.3) is 0 Å². The summed E-state index contributed by atoms with van der Waals surface area (Å²) in [6.45, 7) is 3.29. The molecule has 0 aromatic heterocycles. The van der Waals surface area contributed by atoms with E-state index >= 15 is 0 Å². The first-order valence-electron chi connectivity index (χ1n) is 6.08. The predicted octanol–water partition coefficient (Wildman–Crippen LogP) is 0.748. The van der Waals surface area contributed by atoms with Gasteiger partial charge in [0.1, 0.15) is 0 Å². The van der Waals surface area contributed by atoms with Crippen molar-refractivity contribution in [2.75, 3.05) is 13.2 Å². The minimum absolute atomic E-state index is 0.0381. The average Bonchev–Trinajstić information content (AvgIpc) is 2.75. The highest BCUT2D eigenvalue weighted by molar-refractivity contribution is 5.85. The van der Waals surface area contributed by atoms with E-state index in [4.69, 9.17) is 16.0 Å². The fourth-order valence-corrected chi connectivity index (χ4v) is 2.59. The summed E-state index contributed by atoms with van der Waals surface area (Å²) >= 11 is 0. The lowest BCUT2D eigenvalue weighted by Gasteiger charge is -2.31. The molecule has 1 aliphatic heterocycles. The van der Waals surface area contributed by atoms with Gasteiger partial charge >= 0.3 is 0 Å². The Balaban J connectivity index is 2.61. The standard InChI is InChI=1S/C11H23N3O2/c1-2-10(11(12)13-16)14-7-3-5-9(14)6-4-8-15/h9-10,15-16H,2-8H2,1H3,(H2,12,13). The summed E-state index contributed by atoms with van der Waals surface area (Å²) in [7, 11) is 0. The molecule has 1 saturated heterocycles. The van der Waals surface area contributed by atoms with Gasteiger partial charge in [-0.25, -0.2) is 0 Å². The summed E-state index contributed by atoms with van der Waals surface area (Å²) in [4.78, 5) is 2.31. The largest absolute Gasteiger partial charge is 0.409 e. The Hall–Kier alpha value is -0.810. The molecular weight excluding hydrogens is 206 g/mol. The fraction of sp³-hybridized carbons (Fsp3) is 0.909. The van der Waals surface area contributed by atoms with E-state index in [0.29, 0.717) is 11.9 Å². The molecule has 0 amide bonds. The highest BCUT2D eigenvalue weighted by atomic mass is 16.4. The molecule has 94 valence electrons.